The van der Waals surface area contributed by atoms with Crippen molar-refractivity contribution < 1.29 is 9.15 Å². The van der Waals surface area contributed by atoms with Gasteiger partial charge >= 0.3 is 5.76 Å². The first-order chi connectivity index (χ1) is 9.13. The fourth-order valence-corrected chi connectivity index (χ4v) is 2.49. The number of benzene rings is 1. The summed E-state index contributed by atoms with van der Waals surface area (Å²) in [4.78, 5) is 16.0. The second-order valence-corrected chi connectivity index (χ2v) is 4.90. The van der Waals surface area contributed by atoms with E-state index in [0.29, 0.717) is 16.8 Å². The molecule has 0 spiro atoms. The van der Waals surface area contributed by atoms with E-state index in [4.69, 9.17) is 14.9 Å². The number of nitrogen functional groups attached to an aromatic ring is 1. The summed E-state index contributed by atoms with van der Waals surface area (Å²) in [6.07, 6.45) is 1.13. The molecule has 2 aromatic rings. The highest BCUT2D eigenvalue weighted by Crippen LogP contribution is 2.29. The SMILES string of the molecule is CC1CN(c2cc3[nH]c(=O)oc3cc2N)CCCO1. The topological polar surface area (TPSA) is 84.5 Å². The van der Waals surface area contributed by atoms with Gasteiger partial charge in [-0.3, -0.25) is 4.98 Å². The van der Waals surface area contributed by atoms with Crippen molar-refractivity contribution >= 4 is 22.5 Å². The Morgan fingerprint density at radius 2 is 2.32 bits per heavy atom. The Labute approximate surface area is 110 Å². The van der Waals surface area contributed by atoms with Crippen LogP contribution in [0, 0.1) is 0 Å². The van der Waals surface area contributed by atoms with Gasteiger partial charge in [0.05, 0.1) is 23.0 Å². The Morgan fingerprint density at radius 3 is 3.16 bits per heavy atom. The highest BCUT2D eigenvalue weighted by Gasteiger charge is 2.18. The maximum Gasteiger partial charge on any atom is 0.417 e. The quantitative estimate of drug-likeness (QED) is 0.758. The Kier molecular flexibility index (Phi) is 2.94. The minimum Gasteiger partial charge on any atom is -0.408 e. The molecule has 102 valence electrons. The number of nitrogens with two attached hydrogens (primary N) is 1. The molecule has 1 aromatic carbocycles. The number of anilines is 2. The third-order valence-electron chi connectivity index (χ3n) is 3.36. The molecular formula is C13H17N3O3. The lowest BCUT2D eigenvalue weighted by Gasteiger charge is -2.25. The lowest BCUT2D eigenvalue weighted by molar-refractivity contribution is 0.0821. The summed E-state index contributed by atoms with van der Waals surface area (Å²) in [6, 6.07) is 3.56. The first-order valence-corrected chi connectivity index (χ1v) is 6.42. The molecule has 6 heteroatoms. The summed E-state index contributed by atoms with van der Waals surface area (Å²) in [5.41, 5.74) is 8.76. The highest BCUT2D eigenvalue weighted by molar-refractivity contribution is 5.85. The minimum absolute atomic E-state index is 0.168. The summed E-state index contributed by atoms with van der Waals surface area (Å²) in [6.45, 7) is 4.50. The average Bonchev–Trinajstić information content (AvgIpc) is 2.56. The molecule has 1 atom stereocenters. The summed E-state index contributed by atoms with van der Waals surface area (Å²) in [7, 11) is 0. The van der Waals surface area contributed by atoms with Gasteiger partial charge in [-0.05, 0) is 19.4 Å². The Hall–Kier alpha value is -1.95. The molecule has 2 heterocycles. The van der Waals surface area contributed by atoms with Gasteiger partial charge in [-0.2, -0.15) is 0 Å². The van der Waals surface area contributed by atoms with E-state index in [1.54, 1.807) is 6.07 Å². The molecule has 1 aromatic heterocycles. The predicted molar refractivity (Wildman–Crippen MR) is 73.5 cm³/mol. The number of nitrogens with zero attached hydrogens (tertiary/aromatic N) is 1. The molecule has 1 fully saturated rings. The van der Waals surface area contributed by atoms with Gasteiger partial charge in [-0.1, -0.05) is 0 Å². The van der Waals surface area contributed by atoms with Crippen LogP contribution >= 0.6 is 0 Å². The standard InChI is InChI=1S/C13H17N3O3/c1-8-7-16(3-2-4-18-8)11-6-10-12(5-9(11)14)19-13(17)15-10/h5-6,8H,2-4,7,14H2,1H3,(H,15,17). The van der Waals surface area contributed by atoms with Gasteiger partial charge < -0.3 is 19.8 Å². The van der Waals surface area contributed by atoms with Crippen molar-refractivity contribution in [3.63, 3.8) is 0 Å². The monoisotopic (exact) mass is 263 g/mol. The zero-order valence-corrected chi connectivity index (χ0v) is 10.8. The number of ether oxygens (including phenoxy) is 1. The first kappa shape index (κ1) is 12.1. The van der Waals surface area contributed by atoms with Gasteiger partial charge in [0.2, 0.25) is 0 Å². The average molecular weight is 263 g/mol. The lowest BCUT2D eigenvalue weighted by atomic mass is 10.2. The second-order valence-electron chi connectivity index (χ2n) is 4.90. The van der Waals surface area contributed by atoms with Crippen LogP contribution in [-0.4, -0.2) is 30.8 Å². The van der Waals surface area contributed by atoms with Gasteiger partial charge in [-0.25, -0.2) is 4.79 Å². The van der Waals surface area contributed by atoms with E-state index in [0.717, 1.165) is 31.8 Å². The molecular weight excluding hydrogens is 246 g/mol. The number of fused-ring (bicyclic) bond motifs is 1. The zero-order valence-electron chi connectivity index (χ0n) is 10.8. The molecule has 1 aliphatic heterocycles. The van der Waals surface area contributed by atoms with Crippen molar-refractivity contribution in [2.75, 3.05) is 30.3 Å². The molecule has 3 N–H and O–H groups in total. The largest absolute Gasteiger partial charge is 0.417 e. The number of hydrogen-bond acceptors (Lipinski definition) is 5. The van der Waals surface area contributed by atoms with E-state index < -0.39 is 5.76 Å². The summed E-state index contributed by atoms with van der Waals surface area (Å²) >= 11 is 0. The van der Waals surface area contributed by atoms with Crippen LogP contribution in [-0.2, 0) is 4.74 Å². The van der Waals surface area contributed by atoms with Crippen molar-refractivity contribution in [3.8, 4) is 0 Å². The Balaban J connectivity index is 2.02. The van der Waals surface area contributed by atoms with Crippen LogP contribution in [0.25, 0.3) is 11.1 Å². The second kappa shape index (κ2) is 4.62. The van der Waals surface area contributed by atoms with Crippen LogP contribution in [0.4, 0.5) is 11.4 Å². The number of hydrogen-bond donors (Lipinski definition) is 2. The smallest absolute Gasteiger partial charge is 0.408 e. The van der Waals surface area contributed by atoms with Crippen LogP contribution in [0.5, 0.6) is 0 Å². The molecule has 19 heavy (non-hydrogen) atoms. The minimum atomic E-state index is -0.459. The molecule has 0 bridgehead atoms. The van der Waals surface area contributed by atoms with Crippen molar-refractivity contribution in [3.05, 3.63) is 22.7 Å². The number of H-pyrrole nitrogens is 1. The van der Waals surface area contributed by atoms with Gasteiger partial charge in [0, 0.05) is 25.8 Å². The molecule has 0 radical (unpaired) electrons. The van der Waals surface area contributed by atoms with Crippen LogP contribution in [0.3, 0.4) is 0 Å². The highest BCUT2D eigenvalue weighted by atomic mass is 16.5. The Morgan fingerprint density at radius 1 is 1.47 bits per heavy atom. The maximum atomic E-state index is 11.2. The van der Waals surface area contributed by atoms with E-state index in [9.17, 15) is 4.79 Å². The van der Waals surface area contributed by atoms with Crippen LogP contribution in [0.1, 0.15) is 13.3 Å². The molecule has 0 saturated carbocycles. The number of aromatic amines is 1. The third kappa shape index (κ3) is 2.31. The van der Waals surface area contributed by atoms with Crippen molar-refractivity contribution in [1.82, 2.24) is 4.98 Å². The zero-order chi connectivity index (χ0) is 13.4. The maximum absolute atomic E-state index is 11.2. The van der Waals surface area contributed by atoms with Gasteiger partial charge in [0.15, 0.2) is 5.58 Å². The fraction of sp³-hybridized carbons (Fsp3) is 0.462. The van der Waals surface area contributed by atoms with Crippen LogP contribution < -0.4 is 16.4 Å². The molecule has 0 amide bonds. The molecule has 1 aliphatic rings. The van der Waals surface area contributed by atoms with E-state index in [1.807, 2.05) is 13.0 Å². The van der Waals surface area contributed by atoms with Crippen molar-refractivity contribution in [1.29, 1.82) is 0 Å². The van der Waals surface area contributed by atoms with Gasteiger partial charge in [0.25, 0.3) is 0 Å². The van der Waals surface area contributed by atoms with Crippen LogP contribution in [0.2, 0.25) is 0 Å². The predicted octanol–water partition coefficient (Wildman–Crippen LogP) is 1.32. The number of oxazole rings is 1. The molecule has 6 nitrogen and oxygen atoms in total. The molecule has 0 aliphatic carbocycles. The van der Waals surface area contributed by atoms with E-state index >= 15 is 0 Å². The molecule has 1 unspecified atom stereocenters. The third-order valence-corrected chi connectivity index (χ3v) is 3.36. The Bertz CT molecular complexity index is 646. The normalized spacial score (nSPS) is 20.7. The summed E-state index contributed by atoms with van der Waals surface area (Å²) in [5.74, 6) is -0.459. The van der Waals surface area contributed by atoms with Crippen molar-refractivity contribution in [2.24, 2.45) is 0 Å². The van der Waals surface area contributed by atoms with Gasteiger partial charge in [-0.15, -0.1) is 0 Å². The summed E-state index contributed by atoms with van der Waals surface area (Å²) < 4.78 is 10.6. The van der Waals surface area contributed by atoms with Crippen LogP contribution in [0.15, 0.2) is 21.3 Å². The fourth-order valence-electron chi connectivity index (χ4n) is 2.49. The number of rotatable bonds is 1. The summed E-state index contributed by atoms with van der Waals surface area (Å²) in [5, 5.41) is 0. The number of aromatic nitrogens is 1. The van der Waals surface area contributed by atoms with Gasteiger partial charge in [0.1, 0.15) is 0 Å². The van der Waals surface area contributed by atoms with E-state index in [2.05, 4.69) is 9.88 Å². The molecule has 1 saturated heterocycles. The first-order valence-electron chi connectivity index (χ1n) is 6.42. The van der Waals surface area contributed by atoms with E-state index in [-0.39, 0.29) is 6.10 Å². The van der Waals surface area contributed by atoms with E-state index in [1.165, 1.54) is 0 Å². The lowest BCUT2D eigenvalue weighted by Crippen LogP contribution is -2.30. The molecule has 3 rings (SSSR count). The van der Waals surface area contributed by atoms with Crippen molar-refractivity contribution in [2.45, 2.75) is 19.4 Å². The number of nitrogens with one attached hydrogen (secondary N) is 1.